The molecule has 0 spiro atoms. The summed E-state index contributed by atoms with van der Waals surface area (Å²) >= 11 is 3.59. The van der Waals surface area contributed by atoms with Gasteiger partial charge in [-0.2, -0.15) is 8.42 Å². The Kier molecular flexibility index (Phi) is 5.03. The normalized spacial score (nSPS) is 15.6. The maximum atomic E-state index is 13.6. The fraction of sp³-hybridized carbons (Fsp3) is 0.200. The first-order valence-electron chi connectivity index (χ1n) is 6.79. The van der Waals surface area contributed by atoms with Gasteiger partial charge in [-0.15, -0.1) is 23.5 Å². The molecule has 0 radical (unpaired) electrons. The summed E-state index contributed by atoms with van der Waals surface area (Å²) in [4.78, 5) is -1.05. The van der Waals surface area contributed by atoms with Crippen molar-refractivity contribution in [2.24, 2.45) is 0 Å². The van der Waals surface area contributed by atoms with E-state index in [0.29, 0.717) is 4.58 Å². The Bertz CT molecular complexity index is 848. The summed E-state index contributed by atoms with van der Waals surface area (Å²) in [6, 6.07) is 6.78. The van der Waals surface area contributed by atoms with Gasteiger partial charge in [-0.3, -0.25) is 0 Å². The molecule has 1 aliphatic heterocycles. The highest BCUT2D eigenvalue weighted by atomic mass is 32.2. The summed E-state index contributed by atoms with van der Waals surface area (Å²) in [7, 11) is -4.61. The highest BCUT2D eigenvalue weighted by Gasteiger charge is 2.25. The van der Waals surface area contributed by atoms with Crippen LogP contribution in [0.3, 0.4) is 0 Å². The van der Waals surface area contributed by atoms with Crippen LogP contribution >= 0.6 is 23.5 Å². The van der Waals surface area contributed by atoms with Crippen molar-refractivity contribution in [1.82, 2.24) is 0 Å². The van der Waals surface area contributed by atoms with Crippen LogP contribution in [-0.4, -0.2) is 19.9 Å². The third kappa shape index (κ3) is 3.68. The molecule has 2 aromatic carbocycles. The molecule has 1 fully saturated rings. The molecular formula is C15H11F3O3S3. The van der Waals surface area contributed by atoms with Crippen molar-refractivity contribution in [3.05, 3.63) is 59.4 Å². The van der Waals surface area contributed by atoms with Gasteiger partial charge < -0.3 is 4.18 Å². The highest BCUT2D eigenvalue weighted by molar-refractivity contribution is 8.19. The summed E-state index contributed by atoms with van der Waals surface area (Å²) in [5, 5.41) is 0. The van der Waals surface area contributed by atoms with Crippen molar-refractivity contribution in [2.75, 3.05) is 11.5 Å². The molecule has 0 amide bonds. The topological polar surface area (TPSA) is 43.4 Å². The standard InChI is InChI=1S/C15H11F3O3S3/c16-11-7-13(18)14(8-12(11)17)24(19,20)21-10-3-1-9(2-4-10)15-22-5-6-23-15/h1-4,7-8,15H,5-6H2. The smallest absolute Gasteiger partial charge is 0.342 e. The fourth-order valence-electron chi connectivity index (χ4n) is 2.10. The molecule has 1 saturated heterocycles. The van der Waals surface area contributed by atoms with Crippen LogP contribution < -0.4 is 4.18 Å². The zero-order valence-corrected chi connectivity index (χ0v) is 14.5. The number of benzene rings is 2. The highest BCUT2D eigenvalue weighted by Crippen LogP contribution is 2.45. The molecular weight excluding hydrogens is 381 g/mol. The molecule has 0 N–H and O–H groups in total. The SMILES string of the molecule is O=S(=O)(Oc1ccc(C2SCCS2)cc1)c1cc(F)c(F)cc1F. The molecule has 1 heterocycles. The van der Waals surface area contributed by atoms with Gasteiger partial charge in [0.1, 0.15) is 16.5 Å². The third-order valence-corrected chi connectivity index (χ3v) is 7.59. The lowest BCUT2D eigenvalue weighted by atomic mass is 10.2. The first-order chi connectivity index (χ1) is 11.4. The molecule has 9 heteroatoms. The van der Waals surface area contributed by atoms with Gasteiger partial charge >= 0.3 is 10.1 Å². The van der Waals surface area contributed by atoms with Crippen LogP contribution in [0.5, 0.6) is 5.75 Å². The second-order valence-corrected chi connectivity index (χ2v) is 9.12. The maximum absolute atomic E-state index is 13.6. The molecule has 128 valence electrons. The van der Waals surface area contributed by atoms with Crippen molar-refractivity contribution in [3.8, 4) is 5.75 Å². The molecule has 0 bridgehead atoms. The minimum atomic E-state index is -4.61. The van der Waals surface area contributed by atoms with Gasteiger partial charge in [-0.05, 0) is 17.7 Å². The van der Waals surface area contributed by atoms with E-state index in [4.69, 9.17) is 4.18 Å². The monoisotopic (exact) mass is 392 g/mol. The van der Waals surface area contributed by atoms with Crippen molar-refractivity contribution >= 4 is 33.6 Å². The Labute approximate surface area is 145 Å². The summed E-state index contributed by atoms with van der Waals surface area (Å²) in [6.45, 7) is 0. The Morgan fingerprint density at radius 3 is 2.12 bits per heavy atom. The largest absolute Gasteiger partial charge is 0.379 e. The quantitative estimate of drug-likeness (QED) is 0.572. The van der Waals surface area contributed by atoms with Crippen molar-refractivity contribution in [1.29, 1.82) is 0 Å². The number of hydrogen-bond donors (Lipinski definition) is 0. The molecule has 1 aliphatic rings. The fourth-order valence-corrected chi connectivity index (χ4v) is 5.96. The van der Waals surface area contributed by atoms with E-state index < -0.39 is 32.5 Å². The summed E-state index contributed by atoms with van der Waals surface area (Å²) < 4.78 is 69.0. The summed E-state index contributed by atoms with van der Waals surface area (Å²) in [5.41, 5.74) is 1.02. The lowest BCUT2D eigenvalue weighted by Gasteiger charge is -2.11. The van der Waals surface area contributed by atoms with Crippen LogP contribution in [0.2, 0.25) is 0 Å². The van der Waals surface area contributed by atoms with E-state index in [1.807, 2.05) is 0 Å². The van der Waals surface area contributed by atoms with Gasteiger partial charge in [0.05, 0.1) is 4.58 Å². The van der Waals surface area contributed by atoms with E-state index in [9.17, 15) is 21.6 Å². The van der Waals surface area contributed by atoms with E-state index >= 15 is 0 Å². The lowest BCUT2D eigenvalue weighted by molar-refractivity contribution is 0.460. The summed E-state index contributed by atoms with van der Waals surface area (Å²) in [6.07, 6.45) is 0. The molecule has 3 nitrogen and oxygen atoms in total. The number of rotatable bonds is 4. The van der Waals surface area contributed by atoms with Gasteiger partial charge in [-0.25, -0.2) is 13.2 Å². The van der Waals surface area contributed by atoms with Crippen molar-refractivity contribution in [2.45, 2.75) is 9.48 Å². The van der Waals surface area contributed by atoms with Crippen LogP contribution in [-0.2, 0) is 10.1 Å². The second-order valence-electron chi connectivity index (χ2n) is 4.88. The minimum absolute atomic E-state index is 0.0316. The van der Waals surface area contributed by atoms with E-state index in [0.717, 1.165) is 17.1 Å². The van der Waals surface area contributed by atoms with Crippen LogP contribution in [0.25, 0.3) is 0 Å². The lowest BCUT2D eigenvalue weighted by Crippen LogP contribution is -2.12. The molecule has 3 rings (SSSR count). The molecule has 24 heavy (non-hydrogen) atoms. The van der Waals surface area contributed by atoms with Gasteiger partial charge in [0.25, 0.3) is 0 Å². The van der Waals surface area contributed by atoms with Crippen molar-refractivity contribution in [3.63, 3.8) is 0 Å². The molecule has 0 aromatic heterocycles. The zero-order valence-electron chi connectivity index (χ0n) is 12.0. The van der Waals surface area contributed by atoms with Gasteiger partial charge in [0.2, 0.25) is 0 Å². The van der Waals surface area contributed by atoms with E-state index in [-0.39, 0.29) is 17.9 Å². The van der Waals surface area contributed by atoms with Crippen LogP contribution in [0.4, 0.5) is 13.2 Å². The maximum Gasteiger partial charge on any atom is 0.342 e. The van der Waals surface area contributed by atoms with E-state index in [2.05, 4.69) is 0 Å². The molecule has 0 aliphatic carbocycles. The number of halogens is 3. The molecule has 2 aromatic rings. The Balaban J connectivity index is 1.83. The average Bonchev–Trinajstić information content (AvgIpc) is 3.05. The predicted octanol–water partition coefficient (Wildman–Crippen LogP) is 4.35. The Hall–Kier alpha value is -1.32. The first-order valence-corrected chi connectivity index (χ1v) is 10.3. The second kappa shape index (κ2) is 6.89. The molecule has 0 unspecified atom stereocenters. The van der Waals surface area contributed by atoms with Crippen LogP contribution in [0.1, 0.15) is 10.1 Å². The molecule has 0 atom stereocenters. The van der Waals surface area contributed by atoms with E-state index in [1.54, 1.807) is 35.7 Å². The Morgan fingerprint density at radius 1 is 0.917 bits per heavy atom. The number of hydrogen-bond acceptors (Lipinski definition) is 5. The van der Waals surface area contributed by atoms with Crippen LogP contribution in [0, 0.1) is 17.5 Å². The van der Waals surface area contributed by atoms with Gasteiger partial charge in [0.15, 0.2) is 11.6 Å². The zero-order chi connectivity index (χ0) is 17.3. The first kappa shape index (κ1) is 17.5. The predicted molar refractivity (Wildman–Crippen MR) is 88.2 cm³/mol. The van der Waals surface area contributed by atoms with Crippen molar-refractivity contribution < 1.29 is 25.8 Å². The summed E-state index contributed by atoms with van der Waals surface area (Å²) in [5.74, 6) is -2.28. The number of thioether (sulfide) groups is 2. The third-order valence-electron chi connectivity index (χ3n) is 3.22. The van der Waals surface area contributed by atoms with Crippen LogP contribution in [0.15, 0.2) is 41.3 Å². The van der Waals surface area contributed by atoms with E-state index in [1.165, 1.54) is 12.1 Å². The van der Waals surface area contributed by atoms with Gasteiger partial charge in [0, 0.05) is 23.6 Å². The average molecular weight is 392 g/mol. The Morgan fingerprint density at radius 2 is 1.50 bits per heavy atom. The van der Waals surface area contributed by atoms with Gasteiger partial charge in [-0.1, -0.05) is 12.1 Å². The minimum Gasteiger partial charge on any atom is -0.379 e. The molecule has 0 saturated carbocycles.